The maximum absolute atomic E-state index is 11.7. The quantitative estimate of drug-likeness (QED) is 0.703. The first kappa shape index (κ1) is 12.5. The zero-order valence-corrected chi connectivity index (χ0v) is 10.1. The lowest BCUT2D eigenvalue weighted by Crippen LogP contribution is -2.47. The van der Waals surface area contributed by atoms with E-state index in [-0.39, 0.29) is 17.9 Å². The zero-order chi connectivity index (χ0) is 11.4. The molecule has 2 atom stereocenters. The van der Waals surface area contributed by atoms with Crippen LogP contribution < -0.4 is 11.1 Å². The zero-order valence-electron chi connectivity index (χ0n) is 10.1. The first-order chi connectivity index (χ1) is 7.04. The number of nitrogens with two attached hydrogens (primary N) is 1. The van der Waals surface area contributed by atoms with Crippen molar-refractivity contribution in [2.24, 2.45) is 17.6 Å². The molecule has 3 heteroatoms. The average Bonchev–Trinajstić information content (AvgIpc) is 2.99. The van der Waals surface area contributed by atoms with Crippen molar-refractivity contribution in [3.05, 3.63) is 0 Å². The molecule has 0 aromatic heterocycles. The fourth-order valence-corrected chi connectivity index (χ4v) is 1.68. The second-order valence-corrected chi connectivity index (χ2v) is 5.06. The number of hydrogen-bond donors (Lipinski definition) is 2. The maximum Gasteiger partial charge on any atom is 0.237 e. The summed E-state index contributed by atoms with van der Waals surface area (Å²) in [5, 5.41) is 3.06. The van der Waals surface area contributed by atoms with Crippen molar-refractivity contribution in [1.82, 2.24) is 5.32 Å². The standard InChI is InChI=1S/C12H24N2O/c1-4-10(7-9-5-6-9)14-12(15)11(13)8(2)3/h8-11H,4-7,13H2,1-3H3,(H,14,15)/t10?,11-/m1/s1. The summed E-state index contributed by atoms with van der Waals surface area (Å²) in [6.45, 7) is 6.08. The Kier molecular flexibility index (Phi) is 4.58. The van der Waals surface area contributed by atoms with Crippen molar-refractivity contribution in [2.75, 3.05) is 0 Å². The van der Waals surface area contributed by atoms with Crippen LogP contribution in [-0.4, -0.2) is 18.0 Å². The van der Waals surface area contributed by atoms with Crippen molar-refractivity contribution in [3.63, 3.8) is 0 Å². The van der Waals surface area contributed by atoms with E-state index in [0.717, 1.165) is 18.8 Å². The highest BCUT2D eigenvalue weighted by Gasteiger charge is 2.27. The molecule has 1 aliphatic carbocycles. The van der Waals surface area contributed by atoms with Gasteiger partial charge in [0.05, 0.1) is 6.04 Å². The smallest absolute Gasteiger partial charge is 0.237 e. The van der Waals surface area contributed by atoms with Gasteiger partial charge in [0.2, 0.25) is 5.91 Å². The summed E-state index contributed by atoms with van der Waals surface area (Å²) < 4.78 is 0. The molecule has 0 aromatic rings. The van der Waals surface area contributed by atoms with Crippen LogP contribution in [0.15, 0.2) is 0 Å². The van der Waals surface area contributed by atoms with Gasteiger partial charge in [-0.3, -0.25) is 4.79 Å². The lowest BCUT2D eigenvalue weighted by Gasteiger charge is -2.21. The van der Waals surface area contributed by atoms with Crippen LogP contribution in [0.1, 0.15) is 46.5 Å². The lowest BCUT2D eigenvalue weighted by molar-refractivity contribution is -0.124. The SMILES string of the molecule is CCC(CC1CC1)NC(=O)[C@H](N)C(C)C. The summed E-state index contributed by atoms with van der Waals surface area (Å²) in [5.41, 5.74) is 5.80. The monoisotopic (exact) mass is 212 g/mol. The van der Waals surface area contributed by atoms with E-state index in [0.29, 0.717) is 6.04 Å². The predicted octanol–water partition coefficient (Wildman–Crippen LogP) is 1.66. The average molecular weight is 212 g/mol. The van der Waals surface area contributed by atoms with E-state index in [9.17, 15) is 4.79 Å². The highest BCUT2D eigenvalue weighted by atomic mass is 16.2. The molecule has 1 amide bonds. The van der Waals surface area contributed by atoms with Gasteiger partial charge in [-0.1, -0.05) is 33.6 Å². The van der Waals surface area contributed by atoms with Crippen LogP contribution in [0.3, 0.4) is 0 Å². The Labute approximate surface area is 92.8 Å². The summed E-state index contributed by atoms with van der Waals surface area (Å²) in [6.07, 6.45) is 4.81. The van der Waals surface area contributed by atoms with Crippen LogP contribution >= 0.6 is 0 Å². The Bertz CT molecular complexity index is 212. The molecule has 0 aromatic carbocycles. The van der Waals surface area contributed by atoms with Gasteiger partial charge in [-0.15, -0.1) is 0 Å². The van der Waals surface area contributed by atoms with Crippen molar-refractivity contribution in [1.29, 1.82) is 0 Å². The molecule has 3 N–H and O–H groups in total. The Balaban J connectivity index is 2.32. The van der Waals surface area contributed by atoms with E-state index in [1.54, 1.807) is 0 Å². The third-order valence-electron chi connectivity index (χ3n) is 3.17. The summed E-state index contributed by atoms with van der Waals surface area (Å²) in [6, 6.07) is -0.0342. The number of hydrogen-bond acceptors (Lipinski definition) is 2. The number of rotatable bonds is 6. The van der Waals surface area contributed by atoms with Crippen molar-refractivity contribution >= 4 is 5.91 Å². The number of nitrogens with one attached hydrogen (secondary N) is 1. The van der Waals surface area contributed by atoms with Crippen LogP contribution in [0, 0.1) is 11.8 Å². The van der Waals surface area contributed by atoms with Gasteiger partial charge in [0, 0.05) is 6.04 Å². The van der Waals surface area contributed by atoms with E-state index in [2.05, 4.69) is 12.2 Å². The van der Waals surface area contributed by atoms with Crippen LogP contribution in [0.25, 0.3) is 0 Å². The minimum Gasteiger partial charge on any atom is -0.352 e. The fourth-order valence-electron chi connectivity index (χ4n) is 1.68. The summed E-state index contributed by atoms with van der Waals surface area (Å²) in [4.78, 5) is 11.7. The van der Waals surface area contributed by atoms with E-state index >= 15 is 0 Å². The number of carbonyl (C=O) groups excluding carboxylic acids is 1. The van der Waals surface area contributed by atoms with Gasteiger partial charge in [0.25, 0.3) is 0 Å². The number of carbonyl (C=O) groups is 1. The van der Waals surface area contributed by atoms with Crippen molar-refractivity contribution < 1.29 is 4.79 Å². The minimum absolute atomic E-state index is 0.0116. The van der Waals surface area contributed by atoms with Crippen LogP contribution in [0.2, 0.25) is 0 Å². The van der Waals surface area contributed by atoms with Crippen molar-refractivity contribution in [3.8, 4) is 0 Å². The van der Waals surface area contributed by atoms with Crippen molar-refractivity contribution in [2.45, 2.75) is 58.5 Å². The molecule has 1 fully saturated rings. The third-order valence-corrected chi connectivity index (χ3v) is 3.17. The summed E-state index contributed by atoms with van der Waals surface area (Å²) in [5.74, 6) is 1.08. The molecule has 1 aliphatic rings. The summed E-state index contributed by atoms with van der Waals surface area (Å²) >= 11 is 0. The molecule has 0 aliphatic heterocycles. The first-order valence-electron chi connectivity index (χ1n) is 6.10. The molecule has 0 saturated heterocycles. The maximum atomic E-state index is 11.7. The molecule has 0 radical (unpaired) electrons. The molecule has 1 rings (SSSR count). The Hall–Kier alpha value is -0.570. The van der Waals surface area contributed by atoms with Gasteiger partial charge in [-0.05, 0) is 24.7 Å². The Morgan fingerprint density at radius 3 is 2.47 bits per heavy atom. The van der Waals surface area contributed by atoms with E-state index in [1.165, 1.54) is 12.8 Å². The molecule has 1 saturated carbocycles. The van der Waals surface area contributed by atoms with Crippen LogP contribution in [-0.2, 0) is 4.79 Å². The lowest BCUT2D eigenvalue weighted by atomic mass is 10.0. The van der Waals surface area contributed by atoms with Gasteiger partial charge in [0.1, 0.15) is 0 Å². The molecular weight excluding hydrogens is 188 g/mol. The van der Waals surface area contributed by atoms with Crippen LogP contribution in [0.5, 0.6) is 0 Å². The second kappa shape index (κ2) is 5.50. The Morgan fingerprint density at radius 1 is 1.47 bits per heavy atom. The molecule has 3 nitrogen and oxygen atoms in total. The van der Waals surface area contributed by atoms with Gasteiger partial charge in [0.15, 0.2) is 0 Å². The van der Waals surface area contributed by atoms with Gasteiger partial charge in [-0.25, -0.2) is 0 Å². The normalized spacial score (nSPS) is 20.1. The highest BCUT2D eigenvalue weighted by Crippen LogP contribution is 2.34. The van der Waals surface area contributed by atoms with E-state index in [1.807, 2.05) is 13.8 Å². The molecule has 88 valence electrons. The van der Waals surface area contributed by atoms with Gasteiger partial charge >= 0.3 is 0 Å². The van der Waals surface area contributed by atoms with Crippen LogP contribution in [0.4, 0.5) is 0 Å². The predicted molar refractivity (Wildman–Crippen MR) is 62.4 cm³/mol. The highest BCUT2D eigenvalue weighted by molar-refractivity contribution is 5.81. The van der Waals surface area contributed by atoms with Gasteiger partial charge in [-0.2, -0.15) is 0 Å². The number of amides is 1. The molecule has 1 unspecified atom stereocenters. The molecule has 0 heterocycles. The Morgan fingerprint density at radius 2 is 2.07 bits per heavy atom. The minimum atomic E-state index is -0.363. The topological polar surface area (TPSA) is 55.1 Å². The first-order valence-corrected chi connectivity index (χ1v) is 6.10. The third kappa shape index (κ3) is 4.20. The van der Waals surface area contributed by atoms with Gasteiger partial charge < -0.3 is 11.1 Å². The largest absolute Gasteiger partial charge is 0.352 e. The van der Waals surface area contributed by atoms with E-state index in [4.69, 9.17) is 5.73 Å². The molecular formula is C12H24N2O. The molecule has 15 heavy (non-hydrogen) atoms. The van der Waals surface area contributed by atoms with E-state index < -0.39 is 0 Å². The fraction of sp³-hybridized carbons (Fsp3) is 0.917. The molecule has 0 spiro atoms. The molecule has 0 bridgehead atoms. The second-order valence-electron chi connectivity index (χ2n) is 5.06. The summed E-state index contributed by atoms with van der Waals surface area (Å²) in [7, 11) is 0.